The highest BCUT2D eigenvalue weighted by Crippen LogP contribution is 2.60. The topological polar surface area (TPSA) is 62.3 Å². The first-order valence-electron chi connectivity index (χ1n) is 12.5. The lowest BCUT2D eigenvalue weighted by atomic mass is 9.62. The number of carbonyl (C=O) groups is 2. The van der Waals surface area contributed by atoms with E-state index < -0.39 is 0 Å². The lowest BCUT2D eigenvalue weighted by Gasteiger charge is -2.47. The normalized spacial score (nSPS) is 29.2. The van der Waals surface area contributed by atoms with Crippen LogP contribution in [0, 0.1) is 16.7 Å². The van der Waals surface area contributed by atoms with Crippen molar-refractivity contribution in [1.29, 1.82) is 0 Å². The molecule has 1 aromatic rings. The second kappa shape index (κ2) is 8.58. The average Bonchev–Trinajstić information content (AvgIpc) is 3.33. The molecular formula is C26H37N3O4. The number of unbranched alkanes of at least 4 members (excludes halogenated alkanes) is 1. The summed E-state index contributed by atoms with van der Waals surface area (Å²) in [5.41, 5.74) is 0.645. The van der Waals surface area contributed by atoms with Gasteiger partial charge < -0.3 is 14.4 Å². The zero-order valence-electron chi connectivity index (χ0n) is 20.3. The number of ether oxygens (including phenoxy) is 2. The first-order chi connectivity index (χ1) is 15.8. The minimum atomic E-state index is -0.389. The summed E-state index contributed by atoms with van der Waals surface area (Å²) in [5, 5.41) is 0. The second-order valence-corrected chi connectivity index (χ2v) is 11.0. The molecule has 0 N–H and O–H groups in total. The molecular weight excluding hydrogens is 418 g/mol. The molecule has 1 aromatic carbocycles. The Balaban J connectivity index is 1.04. The number of nitrogens with zero attached hydrogens (tertiary/aromatic N) is 3. The average molecular weight is 456 g/mol. The number of piperazine rings is 1. The molecule has 3 heterocycles. The minimum absolute atomic E-state index is 0.00182. The fourth-order valence-electron chi connectivity index (χ4n) is 6.19. The number of benzene rings is 1. The number of fused-ring (bicyclic) bond motifs is 3. The Morgan fingerprint density at radius 3 is 2.42 bits per heavy atom. The molecule has 2 saturated heterocycles. The first-order valence-corrected chi connectivity index (χ1v) is 12.5. The van der Waals surface area contributed by atoms with Crippen molar-refractivity contribution >= 4 is 11.8 Å². The molecule has 2 atom stereocenters. The lowest BCUT2D eigenvalue weighted by Crippen LogP contribution is -2.59. The molecule has 7 heteroatoms. The summed E-state index contributed by atoms with van der Waals surface area (Å²) < 4.78 is 10.9. The monoisotopic (exact) mass is 455 g/mol. The fraction of sp³-hybridized carbons (Fsp3) is 0.692. The Hall–Kier alpha value is -2.12. The Morgan fingerprint density at radius 1 is 0.939 bits per heavy atom. The molecule has 1 saturated carbocycles. The van der Waals surface area contributed by atoms with Crippen LogP contribution < -0.4 is 9.47 Å². The number of piperidine rings is 1. The van der Waals surface area contributed by atoms with E-state index in [0.717, 1.165) is 76.5 Å². The number of likely N-dealkylation sites (tertiary alicyclic amines) is 1. The Kier molecular flexibility index (Phi) is 5.90. The van der Waals surface area contributed by atoms with Gasteiger partial charge in [-0.2, -0.15) is 0 Å². The van der Waals surface area contributed by atoms with Crippen LogP contribution in [0.25, 0.3) is 0 Å². The van der Waals surface area contributed by atoms with E-state index in [1.165, 1.54) is 5.56 Å². The highest BCUT2D eigenvalue weighted by molar-refractivity contribution is 6.03. The van der Waals surface area contributed by atoms with Gasteiger partial charge in [0.1, 0.15) is 0 Å². The number of hydrogen-bond donors (Lipinski definition) is 0. The van der Waals surface area contributed by atoms with Crippen LogP contribution in [0.3, 0.4) is 0 Å². The van der Waals surface area contributed by atoms with Gasteiger partial charge in [0, 0.05) is 45.2 Å². The number of amides is 2. The smallest absolute Gasteiger partial charge is 0.235 e. The highest BCUT2D eigenvalue weighted by atomic mass is 16.7. The fourth-order valence-corrected chi connectivity index (χ4v) is 6.19. The van der Waals surface area contributed by atoms with Crippen molar-refractivity contribution in [3.05, 3.63) is 23.8 Å². The Labute approximate surface area is 197 Å². The van der Waals surface area contributed by atoms with Crippen molar-refractivity contribution in [2.75, 3.05) is 46.1 Å². The maximum Gasteiger partial charge on any atom is 0.235 e. The van der Waals surface area contributed by atoms with Gasteiger partial charge in [0.15, 0.2) is 11.5 Å². The molecule has 3 aliphatic heterocycles. The molecule has 3 fully saturated rings. The molecule has 7 nitrogen and oxygen atoms in total. The minimum Gasteiger partial charge on any atom is -0.454 e. The van der Waals surface area contributed by atoms with E-state index in [-0.39, 0.29) is 28.6 Å². The summed E-state index contributed by atoms with van der Waals surface area (Å²) in [6.07, 6.45) is 3.59. The number of rotatable bonds is 7. The maximum absolute atomic E-state index is 13.1. The summed E-state index contributed by atoms with van der Waals surface area (Å²) in [6.45, 7) is 13.3. The van der Waals surface area contributed by atoms with Crippen LogP contribution in [0.2, 0.25) is 0 Å². The van der Waals surface area contributed by atoms with Gasteiger partial charge in [0.05, 0.1) is 5.41 Å². The van der Waals surface area contributed by atoms with Crippen LogP contribution in [0.15, 0.2) is 18.2 Å². The predicted molar refractivity (Wildman–Crippen MR) is 125 cm³/mol. The van der Waals surface area contributed by atoms with Gasteiger partial charge in [-0.15, -0.1) is 0 Å². The summed E-state index contributed by atoms with van der Waals surface area (Å²) in [5.74, 6) is 1.81. The van der Waals surface area contributed by atoms with Gasteiger partial charge in [0.2, 0.25) is 18.6 Å². The number of imide groups is 1. The quantitative estimate of drug-likeness (QED) is 0.465. The van der Waals surface area contributed by atoms with E-state index >= 15 is 0 Å². The molecule has 1 aliphatic carbocycles. The third-order valence-electron chi connectivity index (χ3n) is 8.92. The van der Waals surface area contributed by atoms with Crippen molar-refractivity contribution < 1.29 is 19.1 Å². The van der Waals surface area contributed by atoms with Gasteiger partial charge in [-0.1, -0.05) is 26.8 Å². The molecule has 4 aliphatic rings. The lowest BCUT2D eigenvalue weighted by molar-refractivity contribution is -0.167. The Morgan fingerprint density at radius 2 is 1.64 bits per heavy atom. The van der Waals surface area contributed by atoms with Crippen LogP contribution in [-0.2, 0) is 16.1 Å². The molecule has 0 spiro atoms. The third kappa shape index (κ3) is 3.93. The molecule has 0 unspecified atom stereocenters. The third-order valence-corrected chi connectivity index (χ3v) is 8.92. The maximum atomic E-state index is 13.1. The van der Waals surface area contributed by atoms with E-state index in [1.54, 1.807) is 4.90 Å². The van der Waals surface area contributed by atoms with E-state index in [0.29, 0.717) is 13.3 Å². The summed E-state index contributed by atoms with van der Waals surface area (Å²) in [4.78, 5) is 32.7. The zero-order valence-corrected chi connectivity index (χ0v) is 20.3. The van der Waals surface area contributed by atoms with Gasteiger partial charge in [0.25, 0.3) is 0 Å². The van der Waals surface area contributed by atoms with Crippen LogP contribution in [0.4, 0.5) is 0 Å². The van der Waals surface area contributed by atoms with Crippen molar-refractivity contribution in [3.63, 3.8) is 0 Å². The predicted octanol–water partition coefficient (Wildman–Crippen LogP) is 3.12. The molecule has 5 rings (SSSR count). The van der Waals surface area contributed by atoms with Crippen LogP contribution in [0.1, 0.15) is 52.0 Å². The van der Waals surface area contributed by atoms with Gasteiger partial charge in [-0.05, 0) is 55.3 Å². The van der Waals surface area contributed by atoms with E-state index in [9.17, 15) is 9.59 Å². The molecule has 0 aromatic heterocycles. The van der Waals surface area contributed by atoms with Crippen molar-refractivity contribution in [2.45, 2.75) is 53.0 Å². The Bertz CT molecular complexity index is 924. The summed E-state index contributed by atoms with van der Waals surface area (Å²) in [6, 6.07) is 6.21. The van der Waals surface area contributed by atoms with Gasteiger partial charge in [-0.25, -0.2) is 0 Å². The van der Waals surface area contributed by atoms with Crippen LogP contribution >= 0.6 is 0 Å². The standard InChI is InChI=1S/C26H37N3O4/c1-25(2)20-8-9-26(25,3)24(31)29(23(20)30)11-5-4-10-27-12-14-28(15-13-27)17-19-6-7-21-22(16-19)33-18-32-21/h6-7,16,20H,4-5,8-15,17-18H2,1-3H3/t20-,26+/m1/s1. The van der Waals surface area contributed by atoms with Crippen molar-refractivity contribution in [2.24, 2.45) is 16.7 Å². The van der Waals surface area contributed by atoms with E-state index in [1.807, 2.05) is 6.07 Å². The van der Waals surface area contributed by atoms with Crippen LogP contribution in [0.5, 0.6) is 11.5 Å². The first kappa shape index (κ1) is 22.7. The van der Waals surface area contributed by atoms with Crippen molar-refractivity contribution in [3.8, 4) is 11.5 Å². The molecule has 180 valence electrons. The number of hydrogen-bond acceptors (Lipinski definition) is 6. The van der Waals surface area contributed by atoms with E-state index in [2.05, 4.69) is 42.7 Å². The molecule has 2 bridgehead atoms. The SMILES string of the molecule is CC1(C)[C@@H]2CC[C@@]1(C)C(=O)N(CCCCN1CCN(Cc3ccc4c(c3)OCO4)CC1)C2=O. The summed E-state index contributed by atoms with van der Waals surface area (Å²) >= 11 is 0. The molecule has 33 heavy (non-hydrogen) atoms. The second-order valence-electron chi connectivity index (χ2n) is 11.0. The van der Waals surface area contributed by atoms with E-state index in [4.69, 9.17) is 9.47 Å². The van der Waals surface area contributed by atoms with Gasteiger partial charge >= 0.3 is 0 Å². The molecule has 0 radical (unpaired) electrons. The van der Waals surface area contributed by atoms with Crippen molar-refractivity contribution in [1.82, 2.24) is 14.7 Å². The number of carbonyl (C=O) groups excluding carboxylic acids is 2. The summed E-state index contributed by atoms with van der Waals surface area (Å²) in [7, 11) is 0. The van der Waals surface area contributed by atoms with Crippen LogP contribution in [-0.4, -0.2) is 72.6 Å². The van der Waals surface area contributed by atoms with Gasteiger partial charge in [-0.3, -0.25) is 19.4 Å². The highest BCUT2D eigenvalue weighted by Gasteiger charge is 2.64. The largest absolute Gasteiger partial charge is 0.454 e. The zero-order chi connectivity index (χ0) is 23.2. The molecule has 2 amide bonds.